The molecule has 7 aromatic carbocycles. The Morgan fingerprint density at radius 1 is 0.259 bits per heavy atom. The number of hydrogen-bond donors (Lipinski definition) is 0. The van der Waals surface area contributed by atoms with Gasteiger partial charge >= 0.3 is 0 Å². The average molecular weight is 689 g/mol. The Bertz CT molecular complexity index is 2750. The Balaban J connectivity index is 1.04. The minimum Gasteiger partial charge on any atom is -0.264 e. The van der Waals surface area contributed by atoms with Gasteiger partial charge in [0, 0.05) is 47.0 Å². The van der Waals surface area contributed by atoms with Gasteiger partial charge in [0.1, 0.15) is 0 Å². The highest BCUT2D eigenvalue weighted by molar-refractivity contribution is 6.06. The fourth-order valence-electron chi connectivity index (χ4n) is 7.69. The Kier molecular flexibility index (Phi) is 7.77. The summed E-state index contributed by atoms with van der Waals surface area (Å²) in [6.07, 6.45) is 7.48. The van der Waals surface area contributed by atoms with Gasteiger partial charge in [-0.15, -0.1) is 0 Å². The lowest BCUT2D eigenvalue weighted by atomic mass is 9.92. The molecule has 252 valence electrons. The smallest absolute Gasteiger partial charge is 0.0973 e. The summed E-state index contributed by atoms with van der Waals surface area (Å²) < 4.78 is 0. The van der Waals surface area contributed by atoms with Crippen molar-refractivity contribution >= 4 is 32.6 Å². The van der Waals surface area contributed by atoms with Crippen molar-refractivity contribution in [1.82, 2.24) is 19.9 Å². The second-order valence-electron chi connectivity index (χ2n) is 13.5. The van der Waals surface area contributed by atoms with Crippen LogP contribution in [0.15, 0.2) is 195 Å². The highest BCUT2D eigenvalue weighted by Gasteiger charge is 2.16. The van der Waals surface area contributed by atoms with E-state index in [1.807, 2.05) is 61.2 Å². The van der Waals surface area contributed by atoms with Crippen LogP contribution in [0, 0.1) is 0 Å². The van der Waals surface area contributed by atoms with Gasteiger partial charge < -0.3 is 0 Å². The van der Waals surface area contributed by atoms with Gasteiger partial charge in [-0.05, 0) is 79.2 Å². The van der Waals surface area contributed by atoms with Crippen LogP contribution in [0.3, 0.4) is 0 Å². The second kappa shape index (κ2) is 13.4. The first-order chi connectivity index (χ1) is 26.8. The lowest BCUT2D eigenvalue weighted by Gasteiger charge is -2.14. The molecule has 0 saturated heterocycles. The number of aromatic nitrogens is 4. The van der Waals surface area contributed by atoms with Crippen LogP contribution in [0.25, 0.3) is 99.6 Å². The Hall–Kier alpha value is -7.30. The van der Waals surface area contributed by atoms with E-state index in [2.05, 4.69) is 143 Å². The predicted molar refractivity (Wildman–Crippen MR) is 223 cm³/mol. The van der Waals surface area contributed by atoms with E-state index < -0.39 is 0 Å². The molecule has 0 aliphatic rings. The van der Waals surface area contributed by atoms with Crippen molar-refractivity contribution in [3.05, 3.63) is 195 Å². The standard InChI is InChI=1S/C50H32N4/c1-2-20-48-47(19-1)53-49(35-25-21-33(22-26-35)39-11-3-17-45-41(13-5-15-43(39)45)37-9-7-29-51-31-37)50(54-48)36-27-23-34(24-28-36)40-12-4-18-46-42(14-6-16-44(40)46)38-10-8-30-52-32-38/h1-32H. The van der Waals surface area contributed by atoms with E-state index in [0.717, 1.165) is 55.8 Å². The summed E-state index contributed by atoms with van der Waals surface area (Å²) >= 11 is 0. The summed E-state index contributed by atoms with van der Waals surface area (Å²) in [5, 5.41) is 4.82. The summed E-state index contributed by atoms with van der Waals surface area (Å²) in [6, 6.07) is 59.8. The zero-order valence-corrected chi connectivity index (χ0v) is 29.3. The lowest BCUT2D eigenvalue weighted by Crippen LogP contribution is -1.96. The van der Waals surface area contributed by atoms with Crippen LogP contribution in [-0.2, 0) is 0 Å². The number of para-hydroxylation sites is 2. The van der Waals surface area contributed by atoms with Crippen LogP contribution >= 0.6 is 0 Å². The molecule has 0 spiro atoms. The van der Waals surface area contributed by atoms with Gasteiger partial charge in [-0.2, -0.15) is 0 Å². The molecule has 0 amide bonds. The average Bonchev–Trinajstić information content (AvgIpc) is 3.26. The maximum atomic E-state index is 5.21. The maximum Gasteiger partial charge on any atom is 0.0973 e. The molecular weight excluding hydrogens is 657 g/mol. The molecule has 0 bridgehead atoms. The molecule has 0 fully saturated rings. The van der Waals surface area contributed by atoms with Crippen LogP contribution in [0.1, 0.15) is 0 Å². The van der Waals surface area contributed by atoms with E-state index >= 15 is 0 Å². The summed E-state index contributed by atoms with van der Waals surface area (Å²) in [5.41, 5.74) is 14.7. The highest BCUT2D eigenvalue weighted by Crippen LogP contribution is 2.39. The largest absolute Gasteiger partial charge is 0.264 e. The third-order valence-corrected chi connectivity index (χ3v) is 10.3. The van der Waals surface area contributed by atoms with Crippen LogP contribution in [0.4, 0.5) is 0 Å². The summed E-state index contributed by atoms with van der Waals surface area (Å²) in [5.74, 6) is 0. The number of fused-ring (bicyclic) bond motifs is 3. The predicted octanol–water partition coefficient (Wildman–Crippen LogP) is 12.7. The molecule has 3 aromatic heterocycles. The number of pyridine rings is 2. The van der Waals surface area contributed by atoms with Crippen molar-refractivity contribution in [1.29, 1.82) is 0 Å². The molecule has 0 aliphatic heterocycles. The molecule has 0 aliphatic carbocycles. The van der Waals surface area contributed by atoms with Crippen molar-refractivity contribution in [2.45, 2.75) is 0 Å². The van der Waals surface area contributed by atoms with Crippen LogP contribution in [0.5, 0.6) is 0 Å². The topological polar surface area (TPSA) is 51.6 Å². The van der Waals surface area contributed by atoms with Gasteiger partial charge in [0.2, 0.25) is 0 Å². The van der Waals surface area contributed by atoms with E-state index in [9.17, 15) is 0 Å². The SMILES string of the molecule is c1cncc(-c2cccc3c(-c4ccc(-c5nc6ccccc6nc5-c5ccc(-c6cccc7c(-c8cccnc8)cccc67)cc5)cc4)cccc23)c1. The number of nitrogens with zero attached hydrogens (tertiary/aromatic N) is 4. The fraction of sp³-hybridized carbons (Fsp3) is 0. The molecule has 54 heavy (non-hydrogen) atoms. The minimum absolute atomic E-state index is 0.857. The maximum absolute atomic E-state index is 5.21. The highest BCUT2D eigenvalue weighted by atomic mass is 14.8. The zero-order chi connectivity index (χ0) is 35.8. The molecule has 0 N–H and O–H groups in total. The van der Waals surface area contributed by atoms with Crippen molar-refractivity contribution in [3.63, 3.8) is 0 Å². The Labute approximate surface area is 313 Å². The quantitative estimate of drug-likeness (QED) is 0.174. The van der Waals surface area contributed by atoms with Gasteiger partial charge in [-0.3, -0.25) is 9.97 Å². The molecule has 4 nitrogen and oxygen atoms in total. The lowest BCUT2D eigenvalue weighted by molar-refractivity contribution is 1.29. The molecule has 3 heterocycles. The molecule has 0 unspecified atom stereocenters. The van der Waals surface area contributed by atoms with E-state index in [-0.39, 0.29) is 0 Å². The van der Waals surface area contributed by atoms with Crippen LogP contribution < -0.4 is 0 Å². The summed E-state index contributed by atoms with van der Waals surface area (Å²) in [7, 11) is 0. The number of benzene rings is 7. The molecule has 10 rings (SSSR count). The zero-order valence-electron chi connectivity index (χ0n) is 29.3. The van der Waals surface area contributed by atoms with Gasteiger partial charge in [-0.25, -0.2) is 9.97 Å². The van der Waals surface area contributed by atoms with Gasteiger partial charge in [0.25, 0.3) is 0 Å². The number of rotatable bonds is 6. The summed E-state index contributed by atoms with van der Waals surface area (Å²) in [6.45, 7) is 0. The van der Waals surface area contributed by atoms with Crippen molar-refractivity contribution in [2.75, 3.05) is 0 Å². The molecule has 0 saturated carbocycles. The van der Waals surface area contributed by atoms with Crippen molar-refractivity contribution < 1.29 is 0 Å². The van der Waals surface area contributed by atoms with E-state index in [1.54, 1.807) is 0 Å². The van der Waals surface area contributed by atoms with Gasteiger partial charge in [0.15, 0.2) is 0 Å². The monoisotopic (exact) mass is 688 g/mol. The van der Waals surface area contributed by atoms with Crippen molar-refractivity contribution in [3.8, 4) is 67.0 Å². The third kappa shape index (κ3) is 5.58. The molecule has 10 aromatic rings. The van der Waals surface area contributed by atoms with Crippen molar-refractivity contribution in [2.24, 2.45) is 0 Å². The normalized spacial score (nSPS) is 11.3. The van der Waals surface area contributed by atoms with E-state index in [0.29, 0.717) is 0 Å². The van der Waals surface area contributed by atoms with Gasteiger partial charge in [0.05, 0.1) is 22.4 Å². The Morgan fingerprint density at radius 2 is 0.611 bits per heavy atom. The van der Waals surface area contributed by atoms with E-state index in [1.165, 1.54) is 43.8 Å². The first kappa shape index (κ1) is 31.4. The molecule has 0 radical (unpaired) electrons. The molecule has 4 heteroatoms. The Morgan fingerprint density at radius 3 is 0.963 bits per heavy atom. The van der Waals surface area contributed by atoms with Gasteiger partial charge in [-0.1, -0.05) is 146 Å². The van der Waals surface area contributed by atoms with Crippen LogP contribution in [-0.4, -0.2) is 19.9 Å². The second-order valence-corrected chi connectivity index (χ2v) is 13.5. The first-order valence-corrected chi connectivity index (χ1v) is 18.1. The third-order valence-electron chi connectivity index (χ3n) is 10.3. The first-order valence-electron chi connectivity index (χ1n) is 18.1. The molecular formula is C50H32N4. The summed E-state index contributed by atoms with van der Waals surface area (Å²) in [4.78, 5) is 19.1. The minimum atomic E-state index is 0.857. The molecule has 0 atom stereocenters. The number of hydrogen-bond acceptors (Lipinski definition) is 4. The van der Waals surface area contributed by atoms with Crippen LogP contribution in [0.2, 0.25) is 0 Å². The fourth-order valence-corrected chi connectivity index (χ4v) is 7.69. The van der Waals surface area contributed by atoms with E-state index in [4.69, 9.17) is 9.97 Å².